The predicted octanol–water partition coefficient (Wildman–Crippen LogP) is 1.69. The average molecular weight is 298 g/mol. The number of ether oxygens (including phenoxy) is 1. The second kappa shape index (κ2) is 6.62. The molecular weight excluding hydrogens is 282 g/mol. The van der Waals surface area contributed by atoms with E-state index in [2.05, 4.69) is 15.4 Å². The summed E-state index contributed by atoms with van der Waals surface area (Å²) in [6.45, 7) is 0.771. The molecule has 1 aliphatic rings. The molecule has 114 valence electrons. The van der Waals surface area contributed by atoms with Gasteiger partial charge in [-0.15, -0.1) is 0 Å². The molecule has 1 aromatic rings. The molecule has 2 rings (SSSR count). The van der Waals surface area contributed by atoms with E-state index in [1.54, 1.807) is 0 Å². The molecule has 0 radical (unpaired) electrons. The van der Waals surface area contributed by atoms with Crippen molar-refractivity contribution in [3.05, 3.63) is 29.3 Å². The average Bonchev–Trinajstić information content (AvgIpc) is 3.25. The maximum absolute atomic E-state index is 13.6. The van der Waals surface area contributed by atoms with Gasteiger partial charge in [0.2, 0.25) is 5.91 Å². The number of methoxy groups -OCH3 is 1. The van der Waals surface area contributed by atoms with Gasteiger partial charge in [0.15, 0.2) is 0 Å². The van der Waals surface area contributed by atoms with Crippen LogP contribution in [0.1, 0.15) is 23.2 Å². The van der Waals surface area contributed by atoms with Crippen LogP contribution in [0.15, 0.2) is 12.1 Å². The lowest BCUT2D eigenvalue weighted by Gasteiger charge is -2.09. The van der Waals surface area contributed by atoms with Crippen LogP contribution < -0.4 is 10.6 Å². The molecule has 1 aliphatic carbocycles. The number of amides is 1. The largest absolute Gasteiger partial charge is 0.465 e. The first-order chi connectivity index (χ1) is 10.0. The van der Waals surface area contributed by atoms with Gasteiger partial charge >= 0.3 is 5.97 Å². The van der Waals surface area contributed by atoms with Crippen LogP contribution >= 0.6 is 0 Å². The first-order valence-electron chi connectivity index (χ1n) is 6.59. The molecule has 2 N–H and O–H groups in total. The molecule has 0 spiro atoms. The Bertz CT molecular complexity index is 559. The summed E-state index contributed by atoms with van der Waals surface area (Å²) in [6, 6.07) is 1.47. The van der Waals surface area contributed by atoms with Crippen LogP contribution in [0.3, 0.4) is 0 Å². The monoisotopic (exact) mass is 298 g/mol. The number of carbonyl (C=O) groups excluding carboxylic acids is 2. The van der Waals surface area contributed by atoms with E-state index >= 15 is 0 Å². The lowest BCUT2D eigenvalue weighted by atomic mass is 10.1. The van der Waals surface area contributed by atoms with Crippen LogP contribution in [0.25, 0.3) is 0 Å². The first-order valence-corrected chi connectivity index (χ1v) is 6.59. The Morgan fingerprint density at radius 3 is 2.62 bits per heavy atom. The van der Waals surface area contributed by atoms with Crippen molar-refractivity contribution in [1.82, 2.24) is 5.32 Å². The topological polar surface area (TPSA) is 67.4 Å². The van der Waals surface area contributed by atoms with E-state index in [0.717, 1.165) is 32.6 Å². The normalized spacial score (nSPS) is 13.9. The summed E-state index contributed by atoms with van der Waals surface area (Å²) in [6.07, 6.45) is 2.31. The summed E-state index contributed by atoms with van der Waals surface area (Å²) in [7, 11) is 1.09. The Morgan fingerprint density at radius 2 is 2.00 bits per heavy atom. The lowest BCUT2D eigenvalue weighted by molar-refractivity contribution is -0.115. The van der Waals surface area contributed by atoms with Gasteiger partial charge in [-0.1, -0.05) is 0 Å². The Hall–Kier alpha value is -2.02. The fraction of sp³-hybridized carbons (Fsp3) is 0.429. The lowest BCUT2D eigenvalue weighted by Crippen LogP contribution is -2.29. The molecule has 0 aliphatic heterocycles. The van der Waals surface area contributed by atoms with Gasteiger partial charge in [-0.2, -0.15) is 0 Å². The zero-order chi connectivity index (χ0) is 15.4. The van der Waals surface area contributed by atoms with Crippen molar-refractivity contribution in [2.45, 2.75) is 12.8 Å². The van der Waals surface area contributed by atoms with Gasteiger partial charge < -0.3 is 15.4 Å². The first kappa shape index (κ1) is 15.4. The molecule has 1 amide bonds. The van der Waals surface area contributed by atoms with Crippen LogP contribution in [0.2, 0.25) is 0 Å². The smallest absolute Gasteiger partial charge is 0.340 e. The Labute approximate surface area is 120 Å². The van der Waals surface area contributed by atoms with E-state index in [0.29, 0.717) is 12.0 Å². The quantitative estimate of drug-likeness (QED) is 0.784. The molecule has 0 aromatic heterocycles. The second-order valence-electron chi connectivity index (χ2n) is 4.93. The summed E-state index contributed by atoms with van der Waals surface area (Å²) in [4.78, 5) is 23.0. The van der Waals surface area contributed by atoms with E-state index in [1.807, 2.05) is 0 Å². The highest BCUT2D eigenvalue weighted by Crippen LogP contribution is 2.27. The van der Waals surface area contributed by atoms with Crippen molar-refractivity contribution < 1.29 is 23.1 Å². The standard InChI is InChI=1S/C14H16F2N2O3/c1-21-14(20)9-4-12(11(16)5-10(9)15)18-13(19)7-17-6-8-2-3-8/h4-5,8,17H,2-3,6-7H2,1H3,(H,18,19). The summed E-state index contributed by atoms with van der Waals surface area (Å²) in [5, 5.41) is 5.25. The van der Waals surface area contributed by atoms with Crippen LogP contribution in [0.5, 0.6) is 0 Å². The number of carbonyl (C=O) groups is 2. The minimum absolute atomic E-state index is 0.0286. The van der Waals surface area contributed by atoms with Gasteiger partial charge in [-0.3, -0.25) is 4.79 Å². The molecule has 1 fully saturated rings. The van der Waals surface area contributed by atoms with E-state index in [1.165, 1.54) is 0 Å². The molecule has 0 heterocycles. The Morgan fingerprint density at radius 1 is 1.29 bits per heavy atom. The zero-order valence-electron chi connectivity index (χ0n) is 11.5. The fourth-order valence-electron chi connectivity index (χ4n) is 1.82. The highest BCUT2D eigenvalue weighted by Gasteiger charge is 2.21. The molecular formula is C14H16F2N2O3. The SMILES string of the molecule is COC(=O)c1cc(NC(=O)CNCC2CC2)c(F)cc1F. The molecule has 5 nitrogen and oxygen atoms in total. The predicted molar refractivity (Wildman–Crippen MR) is 71.9 cm³/mol. The number of hydrogen-bond acceptors (Lipinski definition) is 4. The van der Waals surface area contributed by atoms with Crippen molar-refractivity contribution in [2.24, 2.45) is 5.92 Å². The van der Waals surface area contributed by atoms with Crippen LogP contribution in [0, 0.1) is 17.6 Å². The second-order valence-corrected chi connectivity index (χ2v) is 4.93. The van der Waals surface area contributed by atoms with E-state index in [4.69, 9.17) is 0 Å². The maximum atomic E-state index is 13.6. The maximum Gasteiger partial charge on any atom is 0.340 e. The number of halogens is 2. The van der Waals surface area contributed by atoms with Gasteiger partial charge in [-0.05, 0) is 31.4 Å². The summed E-state index contributed by atoms with van der Waals surface area (Å²) < 4.78 is 31.4. The van der Waals surface area contributed by atoms with E-state index in [-0.39, 0.29) is 12.2 Å². The molecule has 0 bridgehead atoms. The summed E-state index contributed by atoms with van der Waals surface area (Å²) >= 11 is 0. The van der Waals surface area contributed by atoms with Crippen molar-refractivity contribution in [1.29, 1.82) is 0 Å². The zero-order valence-corrected chi connectivity index (χ0v) is 11.5. The third-order valence-corrected chi connectivity index (χ3v) is 3.15. The molecule has 0 atom stereocenters. The van der Waals surface area contributed by atoms with Crippen LogP contribution in [0.4, 0.5) is 14.5 Å². The minimum Gasteiger partial charge on any atom is -0.465 e. The molecule has 0 unspecified atom stereocenters. The highest BCUT2D eigenvalue weighted by molar-refractivity contribution is 5.95. The number of benzene rings is 1. The molecule has 1 aromatic carbocycles. The van der Waals surface area contributed by atoms with Crippen molar-refractivity contribution in [3.8, 4) is 0 Å². The number of nitrogens with one attached hydrogen (secondary N) is 2. The van der Waals surface area contributed by atoms with Crippen molar-refractivity contribution >= 4 is 17.6 Å². The summed E-state index contributed by atoms with van der Waals surface area (Å²) in [5.74, 6) is -2.77. The number of esters is 1. The van der Waals surface area contributed by atoms with Gasteiger partial charge in [0, 0.05) is 6.07 Å². The number of hydrogen-bond donors (Lipinski definition) is 2. The third-order valence-electron chi connectivity index (χ3n) is 3.15. The highest BCUT2D eigenvalue weighted by atomic mass is 19.1. The van der Waals surface area contributed by atoms with Crippen LogP contribution in [-0.4, -0.2) is 32.1 Å². The number of rotatable bonds is 6. The van der Waals surface area contributed by atoms with Crippen molar-refractivity contribution in [2.75, 3.05) is 25.5 Å². The number of anilines is 1. The molecule has 1 saturated carbocycles. The molecule has 7 heteroatoms. The molecule has 21 heavy (non-hydrogen) atoms. The third kappa shape index (κ3) is 4.22. The summed E-state index contributed by atoms with van der Waals surface area (Å²) in [5.41, 5.74) is -0.685. The minimum atomic E-state index is -1.04. The van der Waals surface area contributed by atoms with Gasteiger partial charge in [-0.25, -0.2) is 13.6 Å². The van der Waals surface area contributed by atoms with E-state index < -0.39 is 29.1 Å². The molecule has 0 saturated heterocycles. The Balaban J connectivity index is 2.00. The van der Waals surface area contributed by atoms with Crippen LogP contribution in [-0.2, 0) is 9.53 Å². The van der Waals surface area contributed by atoms with Gasteiger partial charge in [0.05, 0.1) is 24.9 Å². The van der Waals surface area contributed by atoms with E-state index in [9.17, 15) is 18.4 Å². The van der Waals surface area contributed by atoms with Gasteiger partial charge in [0.25, 0.3) is 0 Å². The van der Waals surface area contributed by atoms with Gasteiger partial charge in [0.1, 0.15) is 11.6 Å². The fourth-order valence-corrected chi connectivity index (χ4v) is 1.82. The Kier molecular flexibility index (Phi) is 4.85. The van der Waals surface area contributed by atoms with Crippen molar-refractivity contribution in [3.63, 3.8) is 0 Å².